The fourth-order valence-corrected chi connectivity index (χ4v) is 5.89. The van der Waals surface area contributed by atoms with E-state index < -0.39 is 17.2 Å². The third-order valence-corrected chi connectivity index (χ3v) is 8.15. The highest BCUT2D eigenvalue weighted by atomic mass is 32.2. The van der Waals surface area contributed by atoms with Crippen LogP contribution >= 0.6 is 11.8 Å². The Morgan fingerprint density at radius 2 is 1.56 bits per heavy atom. The van der Waals surface area contributed by atoms with E-state index >= 15 is 0 Å². The predicted octanol–water partition coefficient (Wildman–Crippen LogP) is 7.81. The number of hydrogen-bond acceptors (Lipinski definition) is 4. The van der Waals surface area contributed by atoms with Gasteiger partial charge in [0.15, 0.2) is 0 Å². The van der Waals surface area contributed by atoms with Crippen LogP contribution in [-0.4, -0.2) is 48.5 Å². The van der Waals surface area contributed by atoms with Crippen LogP contribution in [-0.2, 0) is 11.0 Å². The molecule has 1 N–H and O–H groups in total. The standard InChI is InChI=1S/C28H33F6N3OS/c29-27(30,31)21-6-10-24(11-7-21)36-17-14-20(15-18-36)3-1-5-26(38)37-16-2-4-23(19-37)35-22-8-12-25(13-9-22)39-28(32,33)34/h6-13,20,23,35H,1-5,14-19H2. The number of rotatable bonds is 8. The van der Waals surface area contributed by atoms with E-state index in [9.17, 15) is 31.1 Å². The number of hydrogen-bond donors (Lipinski definition) is 1. The zero-order chi connectivity index (χ0) is 28.0. The van der Waals surface area contributed by atoms with Gasteiger partial charge in [0.25, 0.3) is 0 Å². The fraction of sp³-hybridized carbons (Fsp3) is 0.536. The number of anilines is 2. The summed E-state index contributed by atoms with van der Waals surface area (Å²) in [6.07, 6.45) is 1.56. The molecule has 11 heteroatoms. The van der Waals surface area contributed by atoms with E-state index in [1.165, 1.54) is 24.3 Å². The summed E-state index contributed by atoms with van der Waals surface area (Å²) < 4.78 is 76.0. The number of thioether (sulfide) groups is 1. The molecular formula is C28H33F6N3OS. The minimum Gasteiger partial charge on any atom is -0.381 e. The van der Waals surface area contributed by atoms with Gasteiger partial charge in [0.1, 0.15) is 0 Å². The van der Waals surface area contributed by atoms with Gasteiger partial charge in [-0.2, -0.15) is 26.3 Å². The fourth-order valence-electron chi connectivity index (χ4n) is 5.35. The van der Waals surface area contributed by atoms with E-state index in [4.69, 9.17) is 0 Å². The number of nitrogens with one attached hydrogen (secondary N) is 1. The van der Waals surface area contributed by atoms with Crippen LogP contribution < -0.4 is 10.2 Å². The van der Waals surface area contributed by atoms with E-state index in [1.54, 1.807) is 12.1 Å². The van der Waals surface area contributed by atoms with Crippen molar-refractivity contribution >= 4 is 29.0 Å². The summed E-state index contributed by atoms with van der Waals surface area (Å²) in [5, 5.41) is 3.35. The van der Waals surface area contributed by atoms with Gasteiger partial charge in [0.2, 0.25) is 5.91 Å². The molecule has 4 rings (SSSR count). The molecule has 214 valence electrons. The molecule has 0 aromatic heterocycles. The molecular weight excluding hydrogens is 540 g/mol. The van der Waals surface area contributed by atoms with Gasteiger partial charge in [-0.05, 0) is 105 Å². The summed E-state index contributed by atoms with van der Waals surface area (Å²) in [5.74, 6) is 0.623. The summed E-state index contributed by atoms with van der Waals surface area (Å²) in [4.78, 5) is 17.0. The lowest BCUT2D eigenvalue weighted by atomic mass is 9.91. The maximum Gasteiger partial charge on any atom is 0.446 e. The molecule has 2 heterocycles. The first-order valence-corrected chi connectivity index (χ1v) is 14.1. The van der Waals surface area contributed by atoms with Crippen LogP contribution in [0.25, 0.3) is 0 Å². The van der Waals surface area contributed by atoms with Crippen LogP contribution in [0.4, 0.5) is 37.7 Å². The molecule has 0 spiro atoms. The highest BCUT2D eigenvalue weighted by Gasteiger charge is 2.31. The number of carbonyl (C=O) groups is 1. The SMILES string of the molecule is O=C(CCCC1CCN(c2ccc(C(F)(F)F)cc2)CC1)N1CCCC(Nc2ccc(SC(F)(F)F)cc2)C1. The molecule has 2 aliphatic heterocycles. The monoisotopic (exact) mass is 573 g/mol. The van der Waals surface area contributed by atoms with Crippen LogP contribution in [0.15, 0.2) is 53.4 Å². The lowest BCUT2D eigenvalue weighted by Crippen LogP contribution is -2.45. The molecule has 0 saturated carbocycles. The van der Waals surface area contributed by atoms with E-state index in [-0.39, 0.29) is 28.6 Å². The summed E-state index contributed by atoms with van der Waals surface area (Å²) in [6.45, 7) is 2.87. The second-order valence-electron chi connectivity index (χ2n) is 10.3. The van der Waals surface area contributed by atoms with Crippen LogP contribution in [0.5, 0.6) is 0 Å². The van der Waals surface area contributed by atoms with Gasteiger partial charge in [-0.3, -0.25) is 4.79 Å². The number of piperidine rings is 2. The molecule has 39 heavy (non-hydrogen) atoms. The minimum absolute atomic E-state index is 0.0540. The van der Waals surface area contributed by atoms with Crippen molar-refractivity contribution < 1.29 is 31.1 Å². The molecule has 2 aromatic rings. The molecule has 1 amide bonds. The molecule has 0 radical (unpaired) electrons. The second kappa shape index (κ2) is 12.7. The van der Waals surface area contributed by atoms with E-state index in [0.29, 0.717) is 25.4 Å². The van der Waals surface area contributed by atoms with Crippen LogP contribution in [0.3, 0.4) is 0 Å². The Hall–Kier alpha value is -2.56. The predicted molar refractivity (Wildman–Crippen MR) is 142 cm³/mol. The van der Waals surface area contributed by atoms with Gasteiger partial charge in [-0.25, -0.2) is 0 Å². The van der Waals surface area contributed by atoms with Gasteiger partial charge >= 0.3 is 11.7 Å². The Morgan fingerprint density at radius 1 is 0.897 bits per heavy atom. The van der Waals surface area contributed by atoms with Gasteiger partial charge < -0.3 is 15.1 Å². The number of halogens is 6. The maximum absolute atomic E-state index is 12.9. The summed E-state index contributed by atoms with van der Waals surface area (Å²) in [7, 11) is 0. The Kier molecular flexibility index (Phi) is 9.61. The van der Waals surface area contributed by atoms with Crippen molar-refractivity contribution in [1.29, 1.82) is 0 Å². The third-order valence-electron chi connectivity index (χ3n) is 7.41. The van der Waals surface area contributed by atoms with Crippen molar-refractivity contribution in [3.63, 3.8) is 0 Å². The first kappa shape index (κ1) is 29.4. The molecule has 1 atom stereocenters. The van der Waals surface area contributed by atoms with Crippen LogP contribution in [0, 0.1) is 5.92 Å². The third kappa shape index (κ3) is 8.98. The topological polar surface area (TPSA) is 35.6 Å². The number of benzene rings is 2. The minimum atomic E-state index is -4.33. The van der Waals surface area contributed by atoms with Crippen LogP contribution in [0.2, 0.25) is 0 Å². The van der Waals surface area contributed by atoms with Gasteiger partial charge in [0.05, 0.1) is 5.56 Å². The number of carbonyl (C=O) groups excluding carboxylic acids is 1. The Bertz CT molecular complexity index is 1070. The lowest BCUT2D eigenvalue weighted by Gasteiger charge is -2.35. The van der Waals surface area contributed by atoms with Crippen molar-refractivity contribution in [1.82, 2.24) is 4.90 Å². The number of likely N-dealkylation sites (tertiary alicyclic amines) is 1. The van der Waals surface area contributed by atoms with Gasteiger partial charge in [-0.15, -0.1) is 0 Å². The zero-order valence-corrected chi connectivity index (χ0v) is 22.3. The Balaban J connectivity index is 1.15. The van der Waals surface area contributed by atoms with E-state index in [1.807, 2.05) is 4.90 Å². The van der Waals surface area contributed by atoms with Crippen molar-refractivity contribution in [3.05, 3.63) is 54.1 Å². The quantitative estimate of drug-likeness (QED) is 0.258. The molecule has 0 aliphatic carbocycles. The van der Waals surface area contributed by atoms with Crippen molar-refractivity contribution in [2.24, 2.45) is 5.92 Å². The molecule has 0 bridgehead atoms. The zero-order valence-electron chi connectivity index (χ0n) is 21.5. The highest BCUT2D eigenvalue weighted by molar-refractivity contribution is 8.00. The Morgan fingerprint density at radius 3 is 2.18 bits per heavy atom. The molecule has 2 aromatic carbocycles. The van der Waals surface area contributed by atoms with Crippen molar-refractivity contribution in [3.8, 4) is 0 Å². The highest BCUT2D eigenvalue weighted by Crippen LogP contribution is 2.37. The second-order valence-corrected chi connectivity index (χ2v) is 11.4. The largest absolute Gasteiger partial charge is 0.446 e. The first-order chi connectivity index (χ1) is 18.5. The van der Waals surface area contributed by atoms with Gasteiger partial charge in [0, 0.05) is 54.9 Å². The summed E-state index contributed by atoms with van der Waals surface area (Å²) >= 11 is -0.140. The average Bonchev–Trinajstić information content (AvgIpc) is 2.89. The summed E-state index contributed by atoms with van der Waals surface area (Å²) in [5.41, 5.74) is -3.41. The molecule has 2 aliphatic rings. The normalized spacial score (nSPS) is 19.3. The smallest absolute Gasteiger partial charge is 0.381 e. The Labute approximate surface area is 229 Å². The molecule has 1 unspecified atom stereocenters. The molecule has 2 saturated heterocycles. The lowest BCUT2D eigenvalue weighted by molar-refractivity contribution is -0.137. The molecule has 4 nitrogen and oxygen atoms in total. The number of amides is 1. The number of alkyl halides is 6. The van der Waals surface area contributed by atoms with E-state index in [2.05, 4.69) is 10.2 Å². The first-order valence-electron chi connectivity index (χ1n) is 13.3. The molecule has 2 fully saturated rings. The number of nitrogens with zero attached hydrogens (tertiary/aromatic N) is 2. The van der Waals surface area contributed by atoms with E-state index in [0.717, 1.165) is 75.1 Å². The van der Waals surface area contributed by atoms with Gasteiger partial charge in [-0.1, -0.05) is 0 Å². The van der Waals surface area contributed by atoms with Crippen LogP contribution in [0.1, 0.15) is 50.5 Å². The average molecular weight is 574 g/mol. The van der Waals surface area contributed by atoms with Crippen molar-refractivity contribution in [2.75, 3.05) is 36.4 Å². The summed E-state index contributed by atoms with van der Waals surface area (Å²) in [6, 6.07) is 11.5. The maximum atomic E-state index is 12.9. The van der Waals surface area contributed by atoms with Crippen molar-refractivity contribution in [2.45, 2.75) is 67.6 Å².